The van der Waals surface area contributed by atoms with Crippen LogP contribution in [0.1, 0.15) is 30.9 Å². The van der Waals surface area contributed by atoms with Crippen LogP contribution in [0.5, 0.6) is 0 Å². The lowest BCUT2D eigenvalue weighted by molar-refractivity contribution is -0.128. The molecule has 0 bridgehead atoms. The van der Waals surface area contributed by atoms with Crippen molar-refractivity contribution in [1.82, 2.24) is 15.5 Å². The maximum Gasteiger partial charge on any atom is 0.222 e. The molecule has 5 heteroatoms. The van der Waals surface area contributed by atoms with E-state index in [0.717, 1.165) is 32.0 Å². The molecule has 5 nitrogen and oxygen atoms in total. The molecule has 0 aromatic heterocycles. The van der Waals surface area contributed by atoms with Crippen molar-refractivity contribution in [2.75, 3.05) is 13.1 Å². The average Bonchev–Trinajstić information content (AvgIpc) is 3.07. The Labute approximate surface area is 125 Å². The van der Waals surface area contributed by atoms with Crippen molar-refractivity contribution in [2.24, 2.45) is 4.99 Å². The number of carbonyl (C=O) groups excluding carboxylic acids is 1. The third kappa shape index (κ3) is 3.35. The maximum atomic E-state index is 11.8. The lowest BCUT2D eigenvalue weighted by Gasteiger charge is -2.18. The van der Waals surface area contributed by atoms with Crippen LogP contribution in [-0.4, -0.2) is 35.9 Å². The summed E-state index contributed by atoms with van der Waals surface area (Å²) in [6, 6.07) is 8.70. The average molecular weight is 286 g/mol. The van der Waals surface area contributed by atoms with E-state index in [1.54, 1.807) is 0 Å². The van der Waals surface area contributed by atoms with Gasteiger partial charge in [-0.15, -0.1) is 0 Å². The highest BCUT2D eigenvalue weighted by Gasteiger charge is 2.21. The first kappa shape index (κ1) is 13.9. The van der Waals surface area contributed by atoms with Crippen LogP contribution in [0.15, 0.2) is 29.3 Å². The van der Waals surface area contributed by atoms with Gasteiger partial charge in [0.2, 0.25) is 5.91 Å². The first-order valence-electron chi connectivity index (χ1n) is 7.62. The molecule has 1 aromatic carbocycles. The summed E-state index contributed by atoms with van der Waals surface area (Å²) in [6.07, 6.45) is 1.68. The van der Waals surface area contributed by atoms with Gasteiger partial charge >= 0.3 is 0 Å². The number of carbonyl (C=O) groups is 1. The highest BCUT2D eigenvalue weighted by Crippen LogP contribution is 2.17. The molecule has 21 heavy (non-hydrogen) atoms. The third-order valence-corrected chi connectivity index (χ3v) is 4.00. The van der Waals surface area contributed by atoms with E-state index in [1.807, 2.05) is 17.0 Å². The summed E-state index contributed by atoms with van der Waals surface area (Å²) in [5, 5.41) is 6.64. The molecule has 2 heterocycles. The molecule has 0 radical (unpaired) electrons. The minimum Gasteiger partial charge on any atom is -0.352 e. The predicted octanol–water partition coefficient (Wildman–Crippen LogP) is 1.25. The second kappa shape index (κ2) is 6.16. The highest BCUT2D eigenvalue weighted by molar-refractivity contribution is 5.81. The Hall–Kier alpha value is -2.04. The van der Waals surface area contributed by atoms with Crippen molar-refractivity contribution in [1.29, 1.82) is 0 Å². The molecule has 112 valence electrons. The molecule has 3 rings (SSSR count). The Morgan fingerprint density at radius 1 is 1.38 bits per heavy atom. The molecule has 1 aromatic rings. The van der Waals surface area contributed by atoms with E-state index in [4.69, 9.17) is 0 Å². The molecule has 1 fully saturated rings. The first-order valence-corrected chi connectivity index (χ1v) is 7.62. The van der Waals surface area contributed by atoms with Gasteiger partial charge in [-0.2, -0.15) is 0 Å². The van der Waals surface area contributed by atoms with Crippen LogP contribution in [0.2, 0.25) is 0 Å². The third-order valence-electron chi connectivity index (χ3n) is 4.00. The predicted molar refractivity (Wildman–Crippen MR) is 82.8 cm³/mol. The quantitative estimate of drug-likeness (QED) is 0.876. The number of guanidine groups is 1. The van der Waals surface area contributed by atoms with Gasteiger partial charge in [0.05, 0.1) is 6.54 Å². The van der Waals surface area contributed by atoms with Crippen LogP contribution in [0.4, 0.5) is 0 Å². The van der Waals surface area contributed by atoms with E-state index >= 15 is 0 Å². The van der Waals surface area contributed by atoms with E-state index in [0.29, 0.717) is 19.0 Å². The number of hydrogen-bond donors (Lipinski definition) is 2. The van der Waals surface area contributed by atoms with Gasteiger partial charge in [0.25, 0.3) is 0 Å². The summed E-state index contributed by atoms with van der Waals surface area (Å²) in [6.45, 7) is 5.27. The number of rotatable bonds is 4. The monoisotopic (exact) mass is 286 g/mol. The summed E-state index contributed by atoms with van der Waals surface area (Å²) < 4.78 is 0. The molecule has 2 aliphatic rings. The van der Waals surface area contributed by atoms with Gasteiger partial charge in [0.15, 0.2) is 5.96 Å². The van der Waals surface area contributed by atoms with Crippen molar-refractivity contribution in [3.05, 3.63) is 35.4 Å². The molecule has 1 saturated heterocycles. The van der Waals surface area contributed by atoms with Gasteiger partial charge in [0, 0.05) is 32.1 Å². The largest absolute Gasteiger partial charge is 0.352 e. The summed E-state index contributed by atoms with van der Waals surface area (Å²) >= 11 is 0. The minimum absolute atomic E-state index is 0.272. The molecule has 0 saturated carbocycles. The Balaban J connectivity index is 1.63. The Morgan fingerprint density at radius 3 is 2.86 bits per heavy atom. The van der Waals surface area contributed by atoms with Crippen LogP contribution in [-0.2, 0) is 17.9 Å². The van der Waals surface area contributed by atoms with Crippen LogP contribution in [0.3, 0.4) is 0 Å². The Kier molecular flexibility index (Phi) is 4.08. The van der Waals surface area contributed by atoms with Crippen molar-refractivity contribution in [2.45, 2.75) is 38.9 Å². The van der Waals surface area contributed by atoms with Gasteiger partial charge in [-0.1, -0.05) is 24.3 Å². The molecule has 1 amide bonds. The molecule has 2 aliphatic heterocycles. The van der Waals surface area contributed by atoms with Crippen LogP contribution >= 0.6 is 0 Å². The van der Waals surface area contributed by atoms with E-state index in [2.05, 4.69) is 34.7 Å². The van der Waals surface area contributed by atoms with E-state index < -0.39 is 0 Å². The fourth-order valence-corrected chi connectivity index (χ4v) is 2.80. The summed E-state index contributed by atoms with van der Waals surface area (Å²) in [5.74, 6) is 1.14. The maximum absolute atomic E-state index is 11.8. The Bertz CT molecular complexity index is 555. The van der Waals surface area contributed by atoms with Gasteiger partial charge < -0.3 is 15.5 Å². The molecular weight excluding hydrogens is 264 g/mol. The number of amides is 1. The fourth-order valence-electron chi connectivity index (χ4n) is 2.80. The number of benzene rings is 1. The fraction of sp³-hybridized carbons (Fsp3) is 0.500. The SMILES string of the molecule is CC1CN=C(NCc2ccccc2CN2CCCC2=O)N1. The molecule has 1 atom stereocenters. The van der Waals surface area contributed by atoms with E-state index in [9.17, 15) is 4.79 Å². The topological polar surface area (TPSA) is 56.7 Å². The Morgan fingerprint density at radius 2 is 2.19 bits per heavy atom. The zero-order valence-corrected chi connectivity index (χ0v) is 12.4. The molecule has 0 aliphatic carbocycles. The molecule has 0 spiro atoms. The van der Waals surface area contributed by atoms with Crippen LogP contribution in [0, 0.1) is 0 Å². The van der Waals surface area contributed by atoms with Crippen molar-refractivity contribution in [3.63, 3.8) is 0 Å². The number of nitrogens with zero attached hydrogens (tertiary/aromatic N) is 2. The summed E-state index contributed by atoms with van der Waals surface area (Å²) in [4.78, 5) is 18.1. The highest BCUT2D eigenvalue weighted by atomic mass is 16.2. The van der Waals surface area contributed by atoms with E-state index in [1.165, 1.54) is 11.1 Å². The minimum atomic E-state index is 0.272. The van der Waals surface area contributed by atoms with Crippen molar-refractivity contribution < 1.29 is 4.79 Å². The van der Waals surface area contributed by atoms with Crippen LogP contribution in [0.25, 0.3) is 0 Å². The van der Waals surface area contributed by atoms with Gasteiger partial charge in [-0.05, 0) is 24.5 Å². The van der Waals surface area contributed by atoms with Crippen LogP contribution < -0.4 is 10.6 Å². The second-order valence-corrected chi connectivity index (χ2v) is 5.78. The van der Waals surface area contributed by atoms with Gasteiger partial charge in [-0.25, -0.2) is 0 Å². The molecular formula is C16H22N4O. The lowest BCUT2D eigenvalue weighted by atomic mass is 10.1. The second-order valence-electron chi connectivity index (χ2n) is 5.78. The number of likely N-dealkylation sites (tertiary alicyclic amines) is 1. The number of nitrogens with one attached hydrogen (secondary N) is 2. The lowest BCUT2D eigenvalue weighted by Crippen LogP contribution is -2.37. The van der Waals surface area contributed by atoms with Gasteiger partial charge in [-0.3, -0.25) is 9.79 Å². The zero-order chi connectivity index (χ0) is 14.7. The molecule has 2 N–H and O–H groups in total. The van der Waals surface area contributed by atoms with Crippen molar-refractivity contribution >= 4 is 11.9 Å². The number of aliphatic imine (C=N–C) groups is 1. The summed E-state index contributed by atoms with van der Waals surface area (Å²) in [7, 11) is 0. The first-order chi connectivity index (χ1) is 10.2. The smallest absolute Gasteiger partial charge is 0.222 e. The van der Waals surface area contributed by atoms with Gasteiger partial charge in [0.1, 0.15) is 0 Å². The van der Waals surface area contributed by atoms with Crippen molar-refractivity contribution in [3.8, 4) is 0 Å². The zero-order valence-electron chi connectivity index (χ0n) is 12.4. The molecule has 1 unspecified atom stereocenters. The van der Waals surface area contributed by atoms with E-state index in [-0.39, 0.29) is 5.91 Å². The summed E-state index contributed by atoms with van der Waals surface area (Å²) in [5.41, 5.74) is 2.44. The normalized spacial score (nSPS) is 21.4. The standard InChI is InChI=1S/C16H22N4O/c1-12-9-17-16(19-12)18-10-13-5-2-3-6-14(13)11-20-8-4-7-15(20)21/h2-3,5-6,12H,4,7-11H2,1H3,(H2,17,18,19). The number of hydrogen-bond acceptors (Lipinski definition) is 4.